The minimum atomic E-state index is -0.115. The molecule has 2 atom stereocenters. The zero-order valence-corrected chi connectivity index (χ0v) is 8.67. The SMILES string of the molecule is COC(=O)CC[C@@H]1C[C@H](N)C1(C)C. The highest BCUT2D eigenvalue weighted by Crippen LogP contribution is 2.47. The first-order chi connectivity index (χ1) is 5.98. The predicted octanol–water partition coefficient (Wildman–Crippen LogP) is 1.31. The molecule has 0 bridgehead atoms. The van der Waals surface area contributed by atoms with E-state index >= 15 is 0 Å². The summed E-state index contributed by atoms with van der Waals surface area (Å²) in [5, 5.41) is 0. The number of ether oxygens (including phenoxy) is 1. The van der Waals surface area contributed by atoms with Gasteiger partial charge in [-0.15, -0.1) is 0 Å². The Morgan fingerprint density at radius 2 is 2.23 bits per heavy atom. The van der Waals surface area contributed by atoms with Crippen molar-refractivity contribution in [1.29, 1.82) is 0 Å². The third kappa shape index (κ3) is 2.02. The van der Waals surface area contributed by atoms with Crippen molar-refractivity contribution < 1.29 is 9.53 Å². The molecule has 3 heteroatoms. The summed E-state index contributed by atoms with van der Waals surface area (Å²) in [4.78, 5) is 10.9. The van der Waals surface area contributed by atoms with Gasteiger partial charge < -0.3 is 10.5 Å². The van der Waals surface area contributed by atoms with Crippen LogP contribution in [0.1, 0.15) is 33.1 Å². The summed E-state index contributed by atoms with van der Waals surface area (Å²) >= 11 is 0. The maximum atomic E-state index is 10.9. The largest absolute Gasteiger partial charge is 0.469 e. The highest BCUT2D eigenvalue weighted by molar-refractivity contribution is 5.69. The second-order valence-electron chi connectivity index (χ2n) is 4.48. The van der Waals surface area contributed by atoms with Crippen LogP contribution in [0, 0.1) is 11.3 Å². The molecule has 0 heterocycles. The Morgan fingerprint density at radius 1 is 1.62 bits per heavy atom. The monoisotopic (exact) mass is 185 g/mol. The average molecular weight is 185 g/mol. The Balaban J connectivity index is 2.29. The fourth-order valence-corrected chi connectivity index (χ4v) is 1.94. The van der Waals surface area contributed by atoms with Gasteiger partial charge in [-0.3, -0.25) is 4.79 Å². The highest BCUT2D eigenvalue weighted by Gasteiger charge is 2.45. The van der Waals surface area contributed by atoms with E-state index in [1.54, 1.807) is 0 Å². The molecule has 0 aromatic carbocycles. The van der Waals surface area contributed by atoms with E-state index in [1.165, 1.54) is 7.11 Å². The number of esters is 1. The van der Waals surface area contributed by atoms with E-state index in [1.807, 2.05) is 0 Å². The zero-order valence-electron chi connectivity index (χ0n) is 8.67. The van der Waals surface area contributed by atoms with Crippen LogP contribution in [-0.4, -0.2) is 19.1 Å². The van der Waals surface area contributed by atoms with E-state index in [9.17, 15) is 4.79 Å². The molecule has 0 saturated heterocycles. The molecule has 0 radical (unpaired) electrons. The molecule has 1 aliphatic rings. The lowest BCUT2D eigenvalue weighted by atomic mass is 9.57. The van der Waals surface area contributed by atoms with E-state index in [0.717, 1.165) is 12.8 Å². The van der Waals surface area contributed by atoms with Crippen LogP contribution in [0.5, 0.6) is 0 Å². The standard InChI is InChI=1S/C10H19NO2/c1-10(2)7(6-8(10)11)4-5-9(12)13-3/h7-8H,4-6,11H2,1-3H3/t7-,8+/m1/s1. The third-order valence-electron chi connectivity index (χ3n) is 3.47. The van der Waals surface area contributed by atoms with Gasteiger partial charge in [-0.1, -0.05) is 13.8 Å². The summed E-state index contributed by atoms with van der Waals surface area (Å²) in [5.74, 6) is 0.470. The van der Waals surface area contributed by atoms with E-state index in [-0.39, 0.29) is 11.4 Å². The van der Waals surface area contributed by atoms with Crippen molar-refractivity contribution in [2.24, 2.45) is 17.1 Å². The average Bonchev–Trinajstić information content (AvgIpc) is 2.11. The van der Waals surface area contributed by atoms with Crippen LogP contribution in [0.2, 0.25) is 0 Å². The van der Waals surface area contributed by atoms with E-state index in [4.69, 9.17) is 5.73 Å². The van der Waals surface area contributed by atoms with Gasteiger partial charge in [0.15, 0.2) is 0 Å². The van der Waals surface area contributed by atoms with Gasteiger partial charge >= 0.3 is 5.97 Å². The van der Waals surface area contributed by atoms with Crippen molar-refractivity contribution in [3.63, 3.8) is 0 Å². The first kappa shape index (κ1) is 10.5. The summed E-state index contributed by atoms with van der Waals surface area (Å²) in [6, 6.07) is 0.301. The van der Waals surface area contributed by atoms with Gasteiger partial charge in [0.25, 0.3) is 0 Å². The summed E-state index contributed by atoms with van der Waals surface area (Å²) in [5.41, 5.74) is 6.07. The fraction of sp³-hybridized carbons (Fsp3) is 0.900. The van der Waals surface area contributed by atoms with Gasteiger partial charge in [0, 0.05) is 12.5 Å². The first-order valence-corrected chi connectivity index (χ1v) is 4.81. The molecular weight excluding hydrogens is 166 g/mol. The van der Waals surface area contributed by atoms with Crippen molar-refractivity contribution in [3.05, 3.63) is 0 Å². The lowest BCUT2D eigenvalue weighted by Crippen LogP contribution is -2.54. The van der Waals surface area contributed by atoms with Crippen LogP contribution in [0.3, 0.4) is 0 Å². The second kappa shape index (κ2) is 3.66. The molecule has 0 spiro atoms. The molecule has 1 rings (SSSR count). The summed E-state index contributed by atoms with van der Waals surface area (Å²) in [6.07, 6.45) is 2.48. The van der Waals surface area contributed by atoms with Gasteiger partial charge in [-0.25, -0.2) is 0 Å². The van der Waals surface area contributed by atoms with Gasteiger partial charge in [-0.05, 0) is 24.2 Å². The molecule has 1 aliphatic carbocycles. The third-order valence-corrected chi connectivity index (χ3v) is 3.47. The zero-order chi connectivity index (χ0) is 10.1. The number of hydrogen-bond donors (Lipinski definition) is 1. The fourth-order valence-electron chi connectivity index (χ4n) is 1.94. The van der Waals surface area contributed by atoms with E-state index in [2.05, 4.69) is 18.6 Å². The van der Waals surface area contributed by atoms with Crippen molar-refractivity contribution in [3.8, 4) is 0 Å². The molecule has 0 aliphatic heterocycles. The van der Waals surface area contributed by atoms with Crippen molar-refractivity contribution in [2.45, 2.75) is 39.2 Å². The lowest BCUT2D eigenvalue weighted by Gasteiger charge is -2.50. The molecule has 0 unspecified atom stereocenters. The molecule has 1 fully saturated rings. The van der Waals surface area contributed by atoms with Gasteiger partial charge in [-0.2, -0.15) is 0 Å². The number of rotatable bonds is 3. The number of hydrogen-bond acceptors (Lipinski definition) is 3. The van der Waals surface area contributed by atoms with E-state index < -0.39 is 0 Å². The van der Waals surface area contributed by atoms with Crippen LogP contribution in [0.15, 0.2) is 0 Å². The van der Waals surface area contributed by atoms with Crippen LogP contribution in [0.25, 0.3) is 0 Å². The Hall–Kier alpha value is -0.570. The van der Waals surface area contributed by atoms with Crippen molar-refractivity contribution in [1.82, 2.24) is 0 Å². The minimum Gasteiger partial charge on any atom is -0.469 e. The second-order valence-corrected chi connectivity index (χ2v) is 4.48. The Kier molecular flexibility index (Phi) is 2.96. The molecular formula is C10H19NO2. The van der Waals surface area contributed by atoms with Gasteiger partial charge in [0.05, 0.1) is 7.11 Å². The van der Waals surface area contributed by atoms with Gasteiger partial charge in [0.2, 0.25) is 0 Å². The molecule has 0 amide bonds. The molecule has 0 aromatic heterocycles. The van der Waals surface area contributed by atoms with Crippen LogP contribution in [-0.2, 0) is 9.53 Å². The van der Waals surface area contributed by atoms with Crippen molar-refractivity contribution in [2.75, 3.05) is 7.11 Å². The number of carbonyl (C=O) groups is 1. The Labute approximate surface area is 79.6 Å². The number of nitrogens with two attached hydrogens (primary N) is 1. The normalized spacial score (nSPS) is 30.8. The summed E-state index contributed by atoms with van der Waals surface area (Å²) < 4.78 is 4.59. The molecule has 76 valence electrons. The summed E-state index contributed by atoms with van der Waals surface area (Å²) in [6.45, 7) is 4.34. The van der Waals surface area contributed by atoms with Crippen molar-refractivity contribution >= 4 is 5.97 Å². The predicted molar refractivity (Wildman–Crippen MR) is 51.1 cm³/mol. The molecule has 1 saturated carbocycles. The molecule has 0 aromatic rings. The molecule has 3 nitrogen and oxygen atoms in total. The maximum Gasteiger partial charge on any atom is 0.305 e. The topological polar surface area (TPSA) is 52.3 Å². The Bertz CT molecular complexity index is 201. The van der Waals surface area contributed by atoms with Gasteiger partial charge in [0.1, 0.15) is 0 Å². The number of carbonyl (C=O) groups excluding carboxylic acids is 1. The highest BCUT2D eigenvalue weighted by atomic mass is 16.5. The van der Waals surface area contributed by atoms with Crippen LogP contribution in [0.4, 0.5) is 0 Å². The van der Waals surface area contributed by atoms with Crippen LogP contribution >= 0.6 is 0 Å². The minimum absolute atomic E-state index is 0.115. The smallest absolute Gasteiger partial charge is 0.305 e. The quantitative estimate of drug-likeness (QED) is 0.674. The van der Waals surface area contributed by atoms with Crippen LogP contribution < -0.4 is 5.73 Å². The molecule has 2 N–H and O–H groups in total. The maximum absolute atomic E-state index is 10.9. The molecule has 13 heavy (non-hydrogen) atoms. The van der Waals surface area contributed by atoms with E-state index in [0.29, 0.717) is 18.4 Å². The summed E-state index contributed by atoms with van der Waals surface area (Å²) in [7, 11) is 1.43. The first-order valence-electron chi connectivity index (χ1n) is 4.81. The Morgan fingerprint density at radius 3 is 2.62 bits per heavy atom. The number of methoxy groups -OCH3 is 1. The lowest BCUT2D eigenvalue weighted by molar-refractivity contribution is -0.141.